The second-order valence-corrected chi connectivity index (χ2v) is 0.542. The molecule has 0 rings (SSSR count). The molecule has 0 aromatic carbocycles. The zero-order chi connectivity index (χ0) is 6.28. The van der Waals surface area contributed by atoms with Gasteiger partial charge in [-0.15, -0.1) is 0 Å². The zero-order valence-corrected chi connectivity index (χ0v) is 7.71. The monoisotopic (exact) mass is 158 g/mol. The van der Waals surface area contributed by atoms with Crippen LogP contribution in [0.15, 0.2) is 12.7 Å². The van der Waals surface area contributed by atoms with E-state index in [1.165, 1.54) is 0 Å². The van der Waals surface area contributed by atoms with Crippen LogP contribution in [0, 0.1) is 14.5 Å². The summed E-state index contributed by atoms with van der Waals surface area (Å²) in [5.41, 5.74) is 0. The fourth-order valence-electron chi connectivity index (χ4n) is 0. The Labute approximate surface area is 85.4 Å². The van der Waals surface area contributed by atoms with Crippen molar-refractivity contribution in [1.82, 2.24) is 0 Å². The second kappa shape index (κ2) is 23.7. The number of hydrogen-bond donors (Lipinski definition) is 2. The van der Waals surface area contributed by atoms with Crippen molar-refractivity contribution in [3.05, 3.63) is 27.2 Å². The van der Waals surface area contributed by atoms with E-state index < -0.39 is 5.97 Å². The molecule has 4 heteroatoms. The van der Waals surface area contributed by atoms with Crippen LogP contribution in [0.25, 0.3) is 0 Å². The Morgan fingerprint density at radius 2 is 1.67 bits per heavy atom. The first kappa shape index (κ1) is 22.7. The molecule has 0 bridgehead atoms. The van der Waals surface area contributed by atoms with E-state index in [1.807, 2.05) is 0 Å². The van der Waals surface area contributed by atoms with Crippen LogP contribution < -0.4 is 0 Å². The molecular formula is C5H10CaO3. The summed E-state index contributed by atoms with van der Waals surface area (Å²) < 4.78 is 0. The van der Waals surface area contributed by atoms with Crippen molar-refractivity contribution in [3.63, 3.8) is 0 Å². The van der Waals surface area contributed by atoms with E-state index in [0.29, 0.717) is 0 Å². The van der Waals surface area contributed by atoms with Gasteiger partial charge in [0, 0.05) is 6.08 Å². The van der Waals surface area contributed by atoms with Crippen molar-refractivity contribution in [3.8, 4) is 0 Å². The van der Waals surface area contributed by atoms with Gasteiger partial charge in [-0.3, -0.25) is 0 Å². The molecule has 0 saturated heterocycles. The van der Waals surface area contributed by atoms with Gasteiger partial charge < -0.3 is 17.6 Å². The number of rotatable bonds is 1. The molecule has 0 unspecified atom stereocenters. The summed E-state index contributed by atoms with van der Waals surface area (Å²) in [6.07, 6.45) is 0.833. The summed E-state index contributed by atoms with van der Waals surface area (Å²) >= 11 is 0. The molecule has 50 valence electrons. The van der Waals surface area contributed by atoms with E-state index in [9.17, 15) is 4.79 Å². The quantitative estimate of drug-likeness (QED) is 0.331. The fourth-order valence-corrected chi connectivity index (χ4v) is 0. The van der Waals surface area contributed by atoms with Gasteiger partial charge in [0.05, 0.1) is 0 Å². The van der Waals surface area contributed by atoms with E-state index in [0.717, 1.165) is 6.08 Å². The van der Waals surface area contributed by atoms with E-state index in [2.05, 4.69) is 13.7 Å². The van der Waals surface area contributed by atoms with Crippen molar-refractivity contribution in [2.45, 2.75) is 0 Å². The number of aliphatic hydroxyl groups excluding tert-OH is 1. The average molecular weight is 158 g/mol. The third kappa shape index (κ3) is 59.0. The maximum Gasteiger partial charge on any atom is 2.00 e. The molecule has 0 amide bonds. The molecule has 0 saturated carbocycles. The number of aliphatic hydroxyl groups is 1. The number of hydrogen-bond acceptors (Lipinski definition) is 2. The number of carboxylic acids is 1. The Hall–Kier alpha value is 0.430. The molecule has 0 aromatic heterocycles. The zero-order valence-electron chi connectivity index (χ0n) is 5.50. The minimum atomic E-state index is -0.981. The molecule has 0 spiro atoms. The molecule has 0 atom stereocenters. The van der Waals surface area contributed by atoms with Gasteiger partial charge in [-0.05, 0) is 0 Å². The summed E-state index contributed by atoms with van der Waals surface area (Å²) in [4.78, 5) is 9.25. The first-order chi connectivity index (χ1) is 3.27. The molecule has 0 fully saturated rings. The first-order valence-corrected chi connectivity index (χ1v) is 1.44. The molecule has 9 heavy (non-hydrogen) atoms. The molecule has 3 nitrogen and oxygen atoms in total. The number of carboxylic acid groups (broad SMARTS) is 1. The minimum Gasteiger partial charge on any atom is -0.569 e. The minimum absolute atomic E-state index is 0. The van der Waals surface area contributed by atoms with Gasteiger partial charge in [0.25, 0.3) is 0 Å². The van der Waals surface area contributed by atoms with Crippen molar-refractivity contribution >= 4 is 43.7 Å². The van der Waals surface area contributed by atoms with Crippen LogP contribution in [0.4, 0.5) is 0 Å². The molecule has 2 N–H and O–H groups in total. The van der Waals surface area contributed by atoms with Gasteiger partial charge in [-0.2, -0.15) is 0 Å². The molecule has 0 aliphatic heterocycles. The maximum absolute atomic E-state index is 9.25. The van der Waals surface area contributed by atoms with Crippen LogP contribution in [-0.2, 0) is 4.79 Å². The standard InChI is InChI=1S/C3H4O2.CH3O.CH3.Ca/c1-2-3(4)5;1-2;;/h2H,1H2,(H,4,5);2H,1H2;1H3;/q;2*-1;+2. The van der Waals surface area contributed by atoms with E-state index >= 15 is 0 Å². The maximum atomic E-state index is 9.25. The van der Waals surface area contributed by atoms with Gasteiger partial charge in [0.2, 0.25) is 0 Å². The van der Waals surface area contributed by atoms with Gasteiger partial charge in [-0.1, -0.05) is 6.58 Å². The summed E-state index contributed by atoms with van der Waals surface area (Å²) in [7, 11) is 2.25. The van der Waals surface area contributed by atoms with Gasteiger partial charge in [0.1, 0.15) is 0 Å². The Morgan fingerprint density at radius 3 is 1.67 bits per heavy atom. The number of aliphatic carboxylic acids is 1. The van der Waals surface area contributed by atoms with Gasteiger partial charge in [0.15, 0.2) is 0 Å². The van der Waals surface area contributed by atoms with Crippen LogP contribution in [0.5, 0.6) is 0 Å². The average Bonchev–Trinajstić information content (AvgIpc) is 1.73. The van der Waals surface area contributed by atoms with E-state index in [1.54, 1.807) is 0 Å². The van der Waals surface area contributed by atoms with Crippen LogP contribution in [0.1, 0.15) is 0 Å². The Bertz CT molecular complexity index is 63.2. The van der Waals surface area contributed by atoms with Gasteiger partial charge in [-0.25, -0.2) is 11.9 Å². The van der Waals surface area contributed by atoms with Crippen LogP contribution >= 0.6 is 0 Å². The third-order valence-corrected chi connectivity index (χ3v) is 0.175. The van der Waals surface area contributed by atoms with Crippen LogP contribution in [-0.4, -0.2) is 53.9 Å². The molecule has 0 aliphatic rings. The largest absolute Gasteiger partial charge is 2.00 e. The predicted molar refractivity (Wildman–Crippen MR) is 37.3 cm³/mol. The van der Waals surface area contributed by atoms with Crippen molar-refractivity contribution in [2.75, 3.05) is 0 Å². The van der Waals surface area contributed by atoms with Crippen molar-refractivity contribution < 1.29 is 15.0 Å². The summed E-state index contributed by atoms with van der Waals surface area (Å²) in [6.45, 7) is 2.96. The summed E-state index contributed by atoms with van der Waals surface area (Å²) in [5.74, 6) is -0.981. The van der Waals surface area contributed by atoms with Crippen LogP contribution in [0.3, 0.4) is 0 Å². The smallest absolute Gasteiger partial charge is 0.569 e. The molecule has 0 aliphatic carbocycles. The van der Waals surface area contributed by atoms with Crippen molar-refractivity contribution in [2.24, 2.45) is 0 Å². The number of carbonyl (C=O) groups is 1. The van der Waals surface area contributed by atoms with Gasteiger partial charge >= 0.3 is 43.7 Å². The Balaban J connectivity index is -0.0000000286. The summed E-state index contributed by atoms with van der Waals surface area (Å²) in [6, 6.07) is 0. The fraction of sp³-hybridized carbons (Fsp3) is 0. The molecule has 0 radical (unpaired) electrons. The second-order valence-electron chi connectivity index (χ2n) is 0.542. The summed E-state index contributed by atoms with van der Waals surface area (Å²) in [5, 5.41) is 14.4. The predicted octanol–water partition coefficient (Wildman–Crippen LogP) is 0.477. The van der Waals surface area contributed by atoms with E-state index in [-0.39, 0.29) is 45.2 Å². The van der Waals surface area contributed by atoms with Crippen molar-refractivity contribution in [1.29, 1.82) is 0 Å². The van der Waals surface area contributed by atoms with Crippen LogP contribution in [0.2, 0.25) is 0 Å². The SMILES string of the molecule is C=CC(=O)O.[CH2-]O.[CH3-].[Ca+2]. The molecule has 0 heterocycles. The topological polar surface area (TPSA) is 57.5 Å². The van der Waals surface area contributed by atoms with E-state index in [4.69, 9.17) is 10.2 Å². The first-order valence-electron chi connectivity index (χ1n) is 1.44. The normalized spacial score (nSPS) is 4.22. The Kier molecular flexibility index (Phi) is 59.9. The Morgan fingerprint density at radius 1 is 1.56 bits per heavy atom. The molecular weight excluding hydrogens is 148 g/mol. The molecule has 0 aromatic rings. The third-order valence-electron chi connectivity index (χ3n) is 0.175.